The van der Waals surface area contributed by atoms with Crippen LogP contribution in [-0.2, 0) is 4.74 Å². The van der Waals surface area contributed by atoms with E-state index in [1.54, 1.807) is 0 Å². The second-order valence-corrected chi connectivity index (χ2v) is 4.76. The minimum Gasteiger partial charge on any atom is -0.377 e. The van der Waals surface area contributed by atoms with E-state index in [2.05, 4.69) is 22.0 Å². The fourth-order valence-electron chi connectivity index (χ4n) is 2.17. The molecule has 0 aliphatic carbocycles. The van der Waals surface area contributed by atoms with Crippen molar-refractivity contribution >= 4 is 17.4 Å². The van der Waals surface area contributed by atoms with Crippen LogP contribution in [0, 0.1) is 6.92 Å². The first-order chi connectivity index (χ1) is 8.29. The lowest BCUT2D eigenvalue weighted by Crippen LogP contribution is -2.37. The van der Waals surface area contributed by atoms with Crippen LogP contribution in [0.4, 0.5) is 5.82 Å². The molecular weight excluding hydrogens is 236 g/mol. The molecule has 94 valence electrons. The Balaban J connectivity index is 1.86. The van der Waals surface area contributed by atoms with E-state index in [9.17, 15) is 0 Å². The first-order valence-electron chi connectivity index (χ1n) is 6.16. The molecule has 3 nitrogen and oxygen atoms in total. The number of ether oxygens (including phenoxy) is 1. The normalized spacial score (nSPS) is 17.4. The third-order valence-electron chi connectivity index (χ3n) is 3.07. The Kier molecular flexibility index (Phi) is 4.63. The topological polar surface area (TPSA) is 25.4 Å². The third kappa shape index (κ3) is 3.58. The van der Waals surface area contributed by atoms with Crippen LogP contribution < -0.4 is 4.90 Å². The molecule has 1 fully saturated rings. The second kappa shape index (κ2) is 6.22. The lowest BCUT2D eigenvalue weighted by molar-refractivity contribution is 0.0471. The summed E-state index contributed by atoms with van der Waals surface area (Å²) >= 11 is 5.62. The van der Waals surface area contributed by atoms with Crippen molar-refractivity contribution in [2.45, 2.75) is 25.9 Å². The van der Waals surface area contributed by atoms with Crippen LogP contribution in [0.15, 0.2) is 18.2 Å². The van der Waals surface area contributed by atoms with Gasteiger partial charge in [-0.3, -0.25) is 0 Å². The molecule has 1 aromatic rings. The van der Waals surface area contributed by atoms with Gasteiger partial charge in [0, 0.05) is 24.7 Å². The first-order valence-corrected chi connectivity index (χ1v) is 6.69. The summed E-state index contributed by atoms with van der Waals surface area (Å²) in [7, 11) is 0. The van der Waals surface area contributed by atoms with Gasteiger partial charge in [0.05, 0.1) is 12.7 Å². The van der Waals surface area contributed by atoms with Gasteiger partial charge in [-0.25, -0.2) is 4.98 Å². The van der Waals surface area contributed by atoms with Gasteiger partial charge in [-0.15, -0.1) is 11.6 Å². The molecule has 1 saturated heterocycles. The van der Waals surface area contributed by atoms with E-state index in [1.807, 2.05) is 13.0 Å². The summed E-state index contributed by atoms with van der Waals surface area (Å²) in [4.78, 5) is 6.87. The number of pyridine rings is 1. The molecule has 2 heterocycles. The van der Waals surface area contributed by atoms with Crippen molar-refractivity contribution < 1.29 is 4.74 Å². The van der Waals surface area contributed by atoms with Gasteiger partial charge in [0.2, 0.25) is 0 Å². The summed E-state index contributed by atoms with van der Waals surface area (Å²) in [6.07, 6.45) is 2.49. The number of halogens is 1. The minimum atomic E-state index is 0.370. The van der Waals surface area contributed by atoms with E-state index in [0.29, 0.717) is 18.6 Å². The molecule has 0 radical (unpaired) electrons. The third-order valence-corrected chi connectivity index (χ3v) is 3.22. The molecule has 17 heavy (non-hydrogen) atoms. The average molecular weight is 255 g/mol. The van der Waals surface area contributed by atoms with Crippen LogP contribution in [0.1, 0.15) is 18.5 Å². The number of hydrogen-bond donors (Lipinski definition) is 0. The number of nitrogens with zero attached hydrogens (tertiary/aromatic N) is 2. The Morgan fingerprint density at radius 3 is 2.82 bits per heavy atom. The summed E-state index contributed by atoms with van der Waals surface area (Å²) in [6.45, 7) is 4.72. The number of rotatable bonds is 4. The molecular formula is C13H19ClN2O. The van der Waals surface area contributed by atoms with Crippen LogP contribution in [0.25, 0.3) is 0 Å². The summed E-state index contributed by atoms with van der Waals surface area (Å²) in [5.74, 6) is 1.67. The monoisotopic (exact) mass is 254 g/mol. The number of piperidine rings is 1. The van der Waals surface area contributed by atoms with Crippen LogP contribution in [0.2, 0.25) is 0 Å². The molecule has 1 aliphatic heterocycles. The second-order valence-electron chi connectivity index (χ2n) is 4.38. The Labute approximate surface area is 108 Å². The van der Waals surface area contributed by atoms with Crippen molar-refractivity contribution in [3.8, 4) is 0 Å². The Bertz CT molecular complexity index is 351. The Hall–Kier alpha value is -0.800. The lowest BCUT2D eigenvalue weighted by Gasteiger charge is -2.32. The zero-order valence-electron chi connectivity index (χ0n) is 10.2. The molecule has 4 heteroatoms. The lowest BCUT2D eigenvalue weighted by atomic mass is 10.1. The summed E-state index contributed by atoms with van der Waals surface area (Å²) < 4.78 is 5.66. The maximum Gasteiger partial charge on any atom is 0.128 e. The highest BCUT2D eigenvalue weighted by Crippen LogP contribution is 2.19. The molecule has 0 unspecified atom stereocenters. The van der Waals surface area contributed by atoms with Crippen LogP contribution in [0.5, 0.6) is 0 Å². The minimum absolute atomic E-state index is 0.370. The highest BCUT2D eigenvalue weighted by atomic mass is 35.5. The Morgan fingerprint density at radius 1 is 1.41 bits per heavy atom. The van der Waals surface area contributed by atoms with Crippen LogP contribution in [0.3, 0.4) is 0 Å². The maximum absolute atomic E-state index is 5.66. The van der Waals surface area contributed by atoms with Crippen molar-refractivity contribution in [2.24, 2.45) is 0 Å². The van der Waals surface area contributed by atoms with Gasteiger partial charge in [0.25, 0.3) is 0 Å². The quantitative estimate of drug-likeness (QED) is 0.773. The van der Waals surface area contributed by atoms with Crippen molar-refractivity contribution in [3.05, 3.63) is 23.9 Å². The Morgan fingerprint density at radius 2 is 2.18 bits per heavy atom. The average Bonchev–Trinajstić information content (AvgIpc) is 2.37. The molecule has 0 bridgehead atoms. The van der Waals surface area contributed by atoms with E-state index < -0.39 is 0 Å². The van der Waals surface area contributed by atoms with Gasteiger partial charge >= 0.3 is 0 Å². The molecule has 1 aromatic heterocycles. The van der Waals surface area contributed by atoms with Crippen molar-refractivity contribution in [1.82, 2.24) is 4.98 Å². The van der Waals surface area contributed by atoms with Gasteiger partial charge in [0.15, 0.2) is 0 Å². The van der Waals surface area contributed by atoms with E-state index >= 15 is 0 Å². The largest absolute Gasteiger partial charge is 0.377 e. The van der Waals surface area contributed by atoms with Gasteiger partial charge < -0.3 is 9.64 Å². The van der Waals surface area contributed by atoms with Gasteiger partial charge in [-0.1, -0.05) is 6.07 Å². The molecule has 0 N–H and O–H groups in total. The molecule has 1 aliphatic rings. The predicted molar refractivity (Wildman–Crippen MR) is 70.9 cm³/mol. The van der Waals surface area contributed by atoms with E-state index in [0.717, 1.165) is 37.4 Å². The zero-order chi connectivity index (χ0) is 12.1. The molecule has 0 spiro atoms. The number of anilines is 1. The molecule has 0 aromatic carbocycles. The van der Waals surface area contributed by atoms with Crippen molar-refractivity contribution in [3.63, 3.8) is 0 Å². The highest BCUT2D eigenvalue weighted by Gasteiger charge is 2.20. The maximum atomic E-state index is 5.66. The zero-order valence-corrected chi connectivity index (χ0v) is 11.0. The van der Waals surface area contributed by atoms with Crippen LogP contribution >= 0.6 is 11.6 Å². The van der Waals surface area contributed by atoms with Gasteiger partial charge in [0.1, 0.15) is 5.82 Å². The predicted octanol–water partition coefficient (Wildman–Crippen LogP) is 2.61. The van der Waals surface area contributed by atoms with Crippen molar-refractivity contribution in [2.75, 3.05) is 30.5 Å². The summed E-state index contributed by atoms with van der Waals surface area (Å²) in [5.41, 5.74) is 1.07. The van der Waals surface area contributed by atoms with Crippen molar-refractivity contribution in [1.29, 1.82) is 0 Å². The standard InChI is InChI=1S/C13H19ClN2O/c1-11-3-2-4-13(15-11)16-8-5-12(6-9-16)17-10-7-14/h2-4,12H,5-10H2,1H3. The SMILES string of the molecule is Cc1cccc(N2CCC(OCCCl)CC2)n1. The number of aryl methyl sites for hydroxylation is 1. The van der Waals surface area contributed by atoms with Crippen LogP contribution in [-0.4, -0.2) is 36.7 Å². The number of aromatic nitrogens is 1. The highest BCUT2D eigenvalue weighted by molar-refractivity contribution is 6.17. The first kappa shape index (κ1) is 12.7. The summed E-state index contributed by atoms with van der Waals surface area (Å²) in [5, 5.41) is 0. The van der Waals surface area contributed by atoms with E-state index in [4.69, 9.17) is 16.3 Å². The van der Waals surface area contributed by atoms with Gasteiger partial charge in [-0.05, 0) is 31.9 Å². The molecule has 2 rings (SSSR count). The fraction of sp³-hybridized carbons (Fsp3) is 0.615. The van der Waals surface area contributed by atoms with E-state index in [1.165, 1.54) is 0 Å². The number of hydrogen-bond acceptors (Lipinski definition) is 3. The molecule has 0 atom stereocenters. The van der Waals surface area contributed by atoms with Gasteiger partial charge in [-0.2, -0.15) is 0 Å². The smallest absolute Gasteiger partial charge is 0.128 e. The summed E-state index contributed by atoms with van der Waals surface area (Å²) in [6, 6.07) is 6.17. The van der Waals surface area contributed by atoms with E-state index in [-0.39, 0.29) is 0 Å². The fourth-order valence-corrected chi connectivity index (χ4v) is 2.26. The molecule has 0 saturated carbocycles. The molecule has 0 amide bonds. The number of alkyl halides is 1.